The Morgan fingerprint density at radius 3 is 2.20 bits per heavy atom. The molecule has 3 nitrogen and oxygen atoms in total. The Bertz CT molecular complexity index is 601. The number of carbonyl (C=O) groups excluding carboxylic acids is 1. The first-order valence-corrected chi connectivity index (χ1v) is 6.87. The molecule has 3 rings (SSSR count). The predicted octanol–water partition coefficient (Wildman–Crippen LogP) is 3.45. The lowest BCUT2D eigenvalue weighted by molar-refractivity contribution is -0.124. The van der Waals surface area contributed by atoms with Gasteiger partial charge in [0.15, 0.2) is 0 Å². The molecule has 3 heteroatoms. The van der Waals surface area contributed by atoms with Crippen molar-refractivity contribution in [1.82, 2.24) is 0 Å². The summed E-state index contributed by atoms with van der Waals surface area (Å²) in [4.78, 5) is 12.6. The topological polar surface area (TPSA) is 49.3 Å². The van der Waals surface area contributed by atoms with Gasteiger partial charge in [-0.05, 0) is 42.7 Å². The molecule has 0 aliphatic heterocycles. The van der Waals surface area contributed by atoms with Gasteiger partial charge in [-0.2, -0.15) is 0 Å². The van der Waals surface area contributed by atoms with Crippen LogP contribution >= 0.6 is 0 Å². The molecule has 1 amide bonds. The monoisotopic (exact) mass is 267 g/mol. The molecule has 1 aliphatic carbocycles. The molecule has 2 aromatic rings. The van der Waals surface area contributed by atoms with Crippen molar-refractivity contribution in [2.75, 3.05) is 5.32 Å². The zero-order valence-electron chi connectivity index (χ0n) is 11.2. The second kappa shape index (κ2) is 5.00. The smallest absolute Gasteiger partial charge is 0.235 e. The van der Waals surface area contributed by atoms with E-state index in [4.69, 9.17) is 0 Å². The third kappa shape index (κ3) is 2.16. The van der Waals surface area contributed by atoms with E-state index in [0.29, 0.717) is 0 Å². The first-order valence-electron chi connectivity index (χ1n) is 6.87. The van der Waals surface area contributed by atoms with Gasteiger partial charge in [0.25, 0.3) is 0 Å². The highest BCUT2D eigenvalue weighted by molar-refractivity contribution is 5.99. The maximum Gasteiger partial charge on any atom is 0.235 e. The summed E-state index contributed by atoms with van der Waals surface area (Å²) < 4.78 is 0. The van der Waals surface area contributed by atoms with Gasteiger partial charge < -0.3 is 10.4 Å². The molecule has 102 valence electrons. The summed E-state index contributed by atoms with van der Waals surface area (Å²) in [6, 6.07) is 16.5. The van der Waals surface area contributed by atoms with E-state index >= 15 is 0 Å². The van der Waals surface area contributed by atoms with E-state index in [9.17, 15) is 9.90 Å². The van der Waals surface area contributed by atoms with Crippen LogP contribution in [0.15, 0.2) is 54.6 Å². The Balaban J connectivity index is 1.83. The van der Waals surface area contributed by atoms with Crippen LogP contribution in [0.1, 0.15) is 24.8 Å². The molecule has 0 saturated heterocycles. The van der Waals surface area contributed by atoms with Crippen LogP contribution in [0, 0.1) is 0 Å². The first-order chi connectivity index (χ1) is 9.71. The summed E-state index contributed by atoms with van der Waals surface area (Å²) in [5.41, 5.74) is 1.41. The Morgan fingerprint density at radius 1 is 1.00 bits per heavy atom. The highest BCUT2D eigenvalue weighted by Crippen LogP contribution is 2.44. The largest absolute Gasteiger partial charge is 0.508 e. The molecule has 2 aromatic carbocycles. The van der Waals surface area contributed by atoms with Crippen molar-refractivity contribution >= 4 is 11.6 Å². The lowest BCUT2D eigenvalue weighted by atomic mass is 9.64. The third-order valence-electron chi connectivity index (χ3n) is 4.09. The number of phenols is 1. The summed E-state index contributed by atoms with van der Waals surface area (Å²) in [6.45, 7) is 0. The highest BCUT2D eigenvalue weighted by atomic mass is 16.3. The molecule has 0 aromatic heterocycles. The summed E-state index contributed by atoms with van der Waals surface area (Å²) >= 11 is 0. The van der Waals surface area contributed by atoms with Gasteiger partial charge in [0.2, 0.25) is 5.91 Å². The van der Waals surface area contributed by atoms with Crippen molar-refractivity contribution in [3.05, 3.63) is 60.2 Å². The van der Waals surface area contributed by atoms with Crippen molar-refractivity contribution in [3.63, 3.8) is 0 Å². The molecule has 20 heavy (non-hydrogen) atoms. The molecule has 2 N–H and O–H groups in total. The first kappa shape index (κ1) is 12.7. The SMILES string of the molecule is O=C(Nc1ccc(O)cc1)C1(c2ccccc2)CCC1. The van der Waals surface area contributed by atoms with Crippen LogP contribution in [-0.2, 0) is 10.2 Å². The maximum absolute atomic E-state index is 12.6. The van der Waals surface area contributed by atoms with Crippen LogP contribution in [-0.4, -0.2) is 11.0 Å². The van der Waals surface area contributed by atoms with Gasteiger partial charge in [-0.15, -0.1) is 0 Å². The van der Waals surface area contributed by atoms with Crippen LogP contribution in [0.5, 0.6) is 5.75 Å². The van der Waals surface area contributed by atoms with Gasteiger partial charge in [0, 0.05) is 5.69 Å². The van der Waals surface area contributed by atoms with E-state index in [2.05, 4.69) is 5.32 Å². The number of aromatic hydroxyl groups is 1. The number of hydrogen-bond donors (Lipinski definition) is 2. The maximum atomic E-state index is 12.6. The summed E-state index contributed by atoms with van der Waals surface area (Å²) in [7, 11) is 0. The second-order valence-corrected chi connectivity index (χ2v) is 5.30. The average molecular weight is 267 g/mol. The fraction of sp³-hybridized carbons (Fsp3) is 0.235. The molecule has 0 radical (unpaired) electrons. The highest BCUT2D eigenvalue weighted by Gasteiger charge is 2.45. The van der Waals surface area contributed by atoms with Gasteiger partial charge >= 0.3 is 0 Å². The number of nitrogens with one attached hydrogen (secondary N) is 1. The standard InChI is InChI=1S/C17H17NO2/c19-15-9-7-14(8-10-15)18-16(20)17(11-4-12-17)13-5-2-1-3-6-13/h1-3,5-10,19H,4,11-12H2,(H,18,20). The fourth-order valence-corrected chi connectivity index (χ4v) is 2.73. The zero-order valence-corrected chi connectivity index (χ0v) is 11.2. The summed E-state index contributed by atoms with van der Waals surface area (Å²) in [5, 5.41) is 12.2. The van der Waals surface area contributed by atoms with Gasteiger partial charge in [-0.1, -0.05) is 36.8 Å². The van der Waals surface area contributed by atoms with E-state index in [1.807, 2.05) is 30.3 Å². The zero-order chi connectivity index (χ0) is 14.0. The molecular weight excluding hydrogens is 250 g/mol. The van der Waals surface area contributed by atoms with E-state index < -0.39 is 0 Å². The van der Waals surface area contributed by atoms with Gasteiger partial charge in [0.1, 0.15) is 5.75 Å². The van der Waals surface area contributed by atoms with Crippen LogP contribution in [0.3, 0.4) is 0 Å². The van der Waals surface area contributed by atoms with E-state index in [0.717, 1.165) is 30.5 Å². The van der Waals surface area contributed by atoms with Crippen molar-refractivity contribution < 1.29 is 9.90 Å². The Labute approximate surface area is 118 Å². The van der Waals surface area contributed by atoms with Gasteiger partial charge in [-0.3, -0.25) is 4.79 Å². The minimum atomic E-state index is -0.390. The molecule has 1 aliphatic rings. The Kier molecular flexibility index (Phi) is 3.18. The number of rotatable bonds is 3. The number of carbonyl (C=O) groups is 1. The summed E-state index contributed by atoms with van der Waals surface area (Å²) in [5.74, 6) is 0.241. The fourth-order valence-electron chi connectivity index (χ4n) is 2.73. The van der Waals surface area contributed by atoms with Crippen molar-refractivity contribution in [2.45, 2.75) is 24.7 Å². The molecule has 0 bridgehead atoms. The normalized spacial score (nSPS) is 16.2. The number of amides is 1. The predicted molar refractivity (Wildman–Crippen MR) is 78.7 cm³/mol. The minimum absolute atomic E-state index is 0.0423. The molecule has 1 saturated carbocycles. The average Bonchev–Trinajstić information content (AvgIpc) is 2.41. The number of anilines is 1. The molecule has 0 unspecified atom stereocenters. The van der Waals surface area contributed by atoms with Gasteiger partial charge in [-0.25, -0.2) is 0 Å². The van der Waals surface area contributed by atoms with Crippen LogP contribution in [0.25, 0.3) is 0 Å². The number of hydrogen-bond acceptors (Lipinski definition) is 2. The lowest BCUT2D eigenvalue weighted by Crippen LogP contribution is -2.45. The van der Waals surface area contributed by atoms with E-state index in [1.165, 1.54) is 0 Å². The number of phenolic OH excluding ortho intramolecular Hbond substituents is 1. The van der Waals surface area contributed by atoms with Crippen LogP contribution in [0.4, 0.5) is 5.69 Å². The molecule has 1 fully saturated rings. The minimum Gasteiger partial charge on any atom is -0.508 e. The van der Waals surface area contributed by atoms with Gasteiger partial charge in [0.05, 0.1) is 5.41 Å². The quantitative estimate of drug-likeness (QED) is 0.837. The molecular formula is C17H17NO2. The Hall–Kier alpha value is -2.29. The molecule has 0 heterocycles. The lowest BCUT2D eigenvalue weighted by Gasteiger charge is -2.40. The van der Waals surface area contributed by atoms with Crippen LogP contribution < -0.4 is 5.32 Å². The number of benzene rings is 2. The van der Waals surface area contributed by atoms with Crippen molar-refractivity contribution in [3.8, 4) is 5.75 Å². The molecule has 0 spiro atoms. The second-order valence-electron chi connectivity index (χ2n) is 5.30. The van der Waals surface area contributed by atoms with E-state index in [-0.39, 0.29) is 17.1 Å². The summed E-state index contributed by atoms with van der Waals surface area (Å²) in [6.07, 6.45) is 2.86. The van der Waals surface area contributed by atoms with Crippen molar-refractivity contribution in [1.29, 1.82) is 0 Å². The van der Waals surface area contributed by atoms with Crippen LogP contribution in [0.2, 0.25) is 0 Å². The van der Waals surface area contributed by atoms with Crippen molar-refractivity contribution in [2.24, 2.45) is 0 Å². The Morgan fingerprint density at radius 2 is 1.65 bits per heavy atom. The third-order valence-corrected chi connectivity index (χ3v) is 4.09. The molecule has 0 atom stereocenters. The van der Waals surface area contributed by atoms with E-state index in [1.54, 1.807) is 24.3 Å².